The number of rotatable bonds is 13. The Bertz CT molecular complexity index is 1630. The number of sulfonamides is 1. The monoisotopic (exact) mass is 587 g/mol. The van der Waals surface area contributed by atoms with Gasteiger partial charge in [-0.1, -0.05) is 71.8 Å². The van der Waals surface area contributed by atoms with Crippen LogP contribution in [-0.4, -0.2) is 50.2 Å². The van der Waals surface area contributed by atoms with Crippen LogP contribution in [-0.2, 0) is 23.1 Å². The second kappa shape index (κ2) is 12.9. The zero-order valence-corrected chi connectivity index (χ0v) is 26.1. The summed E-state index contributed by atoms with van der Waals surface area (Å²) >= 11 is 0. The lowest BCUT2D eigenvalue weighted by molar-refractivity contribution is -0.938. The first-order valence-electron chi connectivity index (χ1n) is 15.0. The van der Waals surface area contributed by atoms with E-state index in [9.17, 15) is 8.42 Å². The highest BCUT2D eigenvalue weighted by Crippen LogP contribution is 2.37. The van der Waals surface area contributed by atoms with Crippen molar-refractivity contribution in [1.29, 1.82) is 0 Å². The third-order valence-corrected chi connectivity index (χ3v) is 10.5. The molecule has 1 heterocycles. The van der Waals surface area contributed by atoms with E-state index in [1.807, 2.05) is 48.5 Å². The normalized spacial score (nSPS) is 13.3. The molecule has 0 radical (unpaired) electrons. The standard InChI is InChI=1S/C35H43N2O4S/c1-5-37(6-2,25-29-21-27(3)20-28(4)22-29)19-10-9-18-36(24-32-14-11-15-34-35(32)41-26-40-34)42(38,39)33-17-16-30-12-7-8-13-31(30)23-33/h7-8,11-17,20-23H,5-6,9-10,18-19,24-26H2,1-4H3/q+1. The Kier molecular flexibility index (Phi) is 9.21. The Balaban J connectivity index is 1.36. The molecule has 0 atom stereocenters. The molecule has 0 fully saturated rings. The highest BCUT2D eigenvalue weighted by molar-refractivity contribution is 7.89. The number of para-hydroxylation sites is 1. The first-order valence-corrected chi connectivity index (χ1v) is 16.5. The summed E-state index contributed by atoms with van der Waals surface area (Å²) in [7, 11) is -3.76. The molecule has 0 N–H and O–H groups in total. The van der Waals surface area contributed by atoms with Crippen molar-refractivity contribution < 1.29 is 22.4 Å². The highest BCUT2D eigenvalue weighted by atomic mass is 32.2. The van der Waals surface area contributed by atoms with Crippen LogP contribution in [0.5, 0.6) is 11.5 Å². The van der Waals surface area contributed by atoms with Crippen molar-refractivity contribution in [2.45, 2.75) is 58.5 Å². The molecular weight excluding hydrogens is 544 g/mol. The fourth-order valence-corrected chi connectivity index (χ4v) is 7.68. The maximum Gasteiger partial charge on any atom is 0.243 e. The van der Waals surface area contributed by atoms with E-state index in [1.165, 1.54) is 16.7 Å². The molecule has 0 aromatic heterocycles. The smallest absolute Gasteiger partial charge is 0.243 e. The average Bonchev–Trinajstić information content (AvgIpc) is 3.47. The van der Waals surface area contributed by atoms with Crippen LogP contribution >= 0.6 is 0 Å². The number of aryl methyl sites for hydroxylation is 2. The summed E-state index contributed by atoms with van der Waals surface area (Å²) in [6.07, 6.45) is 1.70. The quantitative estimate of drug-likeness (QED) is 0.123. The number of hydrogen-bond acceptors (Lipinski definition) is 4. The van der Waals surface area contributed by atoms with Gasteiger partial charge in [0, 0.05) is 24.2 Å². The first kappa shape index (κ1) is 30.1. The van der Waals surface area contributed by atoms with Crippen LogP contribution in [0.3, 0.4) is 0 Å². The van der Waals surface area contributed by atoms with Crippen LogP contribution in [0, 0.1) is 13.8 Å². The molecule has 0 spiro atoms. The molecule has 222 valence electrons. The Hall–Kier alpha value is -3.39. The number of nitrogens with zero attached hydrogens (tertiary/aromatic N) is 2. The molecule has 4 aromatic carbocycles. The second-order valence-corrected chi connectivity index (χ2v) is 13.5. The molecule has 7 heteroatoms. The highest BCUT2D eigenvalue weighted by Gasteiger charge is 2.29. The molecule has 0 aliphatic carbocycles. The lowest BCUT2D eigenvalue weighted by atomic mass is 10.1. The molecule has 5 rings (SSSR count). The second-order valence-electron chi connectivity index (χ2n) is 11.6. The van der Waals surface area contributed by atoms with Crippen LogP contribution in [0.4, 0.5) is 0 Å². The lowest BCUT2D eigenvalue weighted by Crippen LogP contribution is -2.47. The predicted molar refractivity (Wildman–Crippen MR) is 169 cm³/mol. The summed E-state index contributed by atoms with van der Waals surface area (Å²) in [6, 6.07) is 25.7. The number of quaternary nitrogens is 1. The van der Waals surface area contributed by atoms with Gasteiger partial charge in [-0.2, -0.15) is 4.31 Å². The summed E-state index contributed by atoms with van der Waals surface area (Å²) in [4.78, 5) is 0.313. The average molecular weight is 588 g/mol. The summed E-state index contributed by atoms with van der Waals surface area (Å²) in [6.45, 7) is 13.7. The van der Waals surface area contributed by atoms with Crippen molar-refractivity contribution in [1.82, 2.24) is 4.31 Å². The van der Waals surface area contributed by atoms with Gasteiger partial charge in [0.15, 0.2) is 11.5 Å². The van der Waals surface area contributed by atoms with Gasteiger partial charge in [-0.15, -0.1) is 0 Å². The van der Waals surface area contributed by atoms with Crippen LogP contribution < -0.4 is 9.47 Å². The zero-order chi connectivity index (χ0) is 29.7. The van der Waals surface area contributed by atoms with E-state index in [1.54, 1.807) is 16.4 Å². The molecule has 0 bridgehead atoms. The maximum atomic E-state index is 14.1. The van der Waals surface area contributed by atoms with Gasteiger partial charge >= 0.3 is 0 Å². The Morgan fingerprint density at radius 2 is 1.55 bits per heavy atom. The van der Waals surface area contributed by atoms with Crippen molar-refractivity contribution in [3.8, 4) is 11.5 Å². The fraction of sp³-hybridized carbons (Fsp3) is 0.371. The van der Waals surface area contributed by atoms with Gasteiger partial charge in [0.2, 0.25) is 16.8 Å². The number of benzene rings is 4. The van der Waals surface area contributed by atoms with Crippen molar-refractivity contribution in [2.75, 3.05) is 33.0 Å². The van der Waals surface area contributed by atoms with Gasteiger partial charge in [-0.25, -0.2) is 8.42 Å². The summed E-state index contributed by atoms with van der Waals surface area (Å²) in [5.74, 6) is 1.30. The molecule has 1 aliphatic rings. The topological polar surface area (TPSA) is 55.8 Å². The van der Waals surface area contributed by atoms with E-state index in [-0.39, 0.29) is 13.3 Å². The minimum Gasteiger partial charge on any atom is -0.454 e. The molecule has 4 aromatic rings. The molecule has 0 saturated carbocycles. The Morgan fingerprint density at radius 1 is 0.810 bits per heavy atom. The molecule has 42 heavy (non-hydrogen) atoms. The van der Waals surface area contributed by atoms with E-state index in [4.69, 9.17) is 9.47 Å². The Labute approximate surface area is 251 Å². The van der Waals surface area contributed by atoms with E-state index in [0.717, 1.165) is 59.8 Å². The molecule has 0 amide bonds. The number of ether oxygens (including phenoxy) is 2. The van der Waals surface area contributed by atoms with Gasteiger partial charge in [0.05, 0.1) is 24.5 Å². The van der Waals surface area contributed by atoms with Crippen LogP contribution in [0.1, 0.15) is 48.9 Å². The molecule has 6 nitrogen and oxygen atoms in total. The molecular formula is C35H43N2O4S+. The summed E-state index contributed by atoms with van der Waals surface area (Å²) in [5, 5.41) is 1.93. The van der Waals surface area contributed by atoms with Crippen molar-refractivity contribution >= 4 is 20.8 Å². The SMILES string of the molecule is CC[N+](CC)(CCCCN(Cc1cccc2c1OCO2)S(=O)(=O)c1ccc2ccccc2c1)Cc1cc(C)cc(C)c1. The summed E-state index contributed by atoms with van der Waals surface area (Å²) in [5.41, 5.74) is 4.78. The van der Waals surface area contributed by atoms with E-state index < -0.39 is 10.0 Å². The largest absolute Gasteiger partial charge is 0.454 e. The van der Waals surface area contributed by atoms with Gasteiger partial charge in [-0.3, -0.25) is 0 Å². The van der Waals surface area contributed by atoms with Gasteiger partial charge in [0.25, 0.3) is 0 Å². The maximum absolute atomic E-state index is 14.1. The van der Waals surface area contributed by atoms with E-state index >= 15 is 0 Å². The Morgan fingerprint density at radius 3 is 2.29 bits per heavy atom. The van der Waals surface area contributed by atoms with Crippen LogP contribution in [0.2, 0.25) is 0 Å². The fourth-order valence-electron chi connectivity index (χ4n) is 6.19. The lowest BCUT2D eigenvalue weighted by Gasteiger charge is -2.37. The van der Waals surface area contributed by atoms with Gasteiger partial charge in [0.1, 0.15) is 6.54 Å². The van der Waals surface area contributed by atoms with E-state index in [2.05, 4.69) is 45.9 Å². The first-order chi connectivity index (χ1) is 20.2. The van der Waals surface area contributed by atoms with Crippen molar-refractivity contribution in [2.24, 2.45) is 0 Å². The predicted octanol–water partition coefficient (Wildman–Crippen LogP) is 7.21. The third kappa shape index (κ3) is 6.64. The molecule has 0 saturated heterocycles. The van der Waals surface area contributed by atoms with Crippen LogP contribution in [0.15, 0.2) is 83.8 Å². The number of unbranched alkanes of at least 4 members (excludes halogenated alkanes) is 1. The third-order valence-electron chi connectivity index (χ3n) is 8.61. The number of hydrogen-bond donors (Lipinski definition) is 0. The van der Waals surface area contributed by atoms with Crippen molar-refractivity contribution in [3.05, 3.63) is 101 Å². The molecule has 1 aliphatic heterocycles. The van der Waals surface area contributed by atoms with Crippen LogP contribution in [0.25, 0.3) is 10.8 Å². The van der Waals surface area contributed by atoms with Crippen molar-refractivity contribution in [3.63, 3.8) is 0 Å². The minimum absolute atomic E-state index is 0.151. The van der Waals surface area contributed by atoms with Gasteiger partial charge < -0.3 is 14.0 Å². The molecule has 0 unspecified atom stereocenters. The van der Waals surface area contributed by atoms with Gasteiger partial charge in [-0.05, 0) is 69.5 Å². The summed E-state index contributed by atoms with van der Waals surface area (Å²) < 4.78 is 42.2. The minimum atomic E-state index is -3.76. The zero-order valence-electron chi connectivity index (χ0n) is 25.3. The van der Waals surface area contributed by atoms with E-state index in [0.29, 0.717) is 22.9 Å². The number of fused-ring (bicyclic) bond motifs is 2.